The Hall–Kier alpha value is -2.14. The Kier molecular flexibility index (Phi) is 5.54. The maximum atomic E-state index is 13.5. The number of amides is 1. The van der Waals surface area contributed by atoms with Crippen LogP contribution in [0.25, 0.3) is 0 Å². The molecule has 3 heterocycles. The highest BCUT2D eigenvalue weighted by Gasteiger charge is 2.46. The van der Waals surface area contributed by atoms with Gasteiger partial charge in [-0.1, -0.05) is 43.2 Å². The van der Waals surface area contributed by atoms with Gasteiger partial charge in [-0.25, -0.2) is 0 Å². The Balaban J connectivity index is 1.67. The minimum absolute atomic E-state index is 0.134. The van der Waals surface area contributed by atoms with Gasteiger partial charge in [0.15, 0.2) is 0 Å². The van der Waals surface area contributed by atoms with Crippen LogP contribution in [0.5, 0.6) is 0 Å². The number of hydrogen-bond acceptors (Lipinski definition) is 3. The molecule has 4 rings (SSSR count). The molecule has 0 aliphatic carbocycles. The van der Waals surface area contributed by atoms with Crippen LogP contribution >= 0.6 is 0 Å². The van der Waals surface area contributed by atoms with Gasteiger partial charge >= 0.3 is 0 Å². The zero-order chi connectivity index (χ0) is 19.7. The molecular weight excluding hydrogens is 348 g/mol. The second-order valence-corrected chi connectivity index (χ2v) is 8.67. The summed E-state index contributed by atoms with van der Waals surface area (Å²) in [5, 5.41) is 4.40. The van der Waals surface area contributed by atoms with E-state index < -0.39 is 0 Å². The maximum Gasteiger partial charge on any atom is 0.257 e. The standard InChI is InChI=1S/C23H32N4O/c1-17(2)27-15-19(14-24-27)23(28)26-16-20(18-10-6-4-7-11-18)22-21(26)12-8-5-9-13-25(22)3/h4,6-7,10-11,14-15,17,20-22H,5,8-9,12-13,16H2,1-3H3/t20-,21+,22-/m0/s1. The number of fused-ring (bicyclic) bond motifs is 1. The number of aromatic nitrogens is 2. The van der Waals surface area contributed by atoms with Crippen LogP contribution < -0.4 is 0 Å². The molecule has 0 N–H and O–H groups in total. The molecule has 1 aromatic carbocycles. The number of benzene rings is 1. The number of likely N-dealkylation sites (tertiary alicyclic amines) is 2. The first kappa shape index (κ1) is 19.2. The third-order valence-corrected chi connectivity index (χ3v) is 6.49. The number of carbonyl (C=O) groups is 1. The summed E-state index contributed by atoms with van der Waals surface area (Å²) in [6.45, 7) is 6.07. The third kappa shape index (κ3) is 3.60. The normalized spacial score (nSPS) is 26.1. The van der Waals surface area contributed by atoms with E-state index in [1.165, 1.54) is 24.8 Å². The van der Waals surface area contributed by atoms with Crippen LogP contribution in [0.3, 0.4) is 0 Å². The van der Waals surface area contributed by atoms with Crippen molar-refractivity contribution in [1.82, 2.24) is 19.6 Å². The number of carbonyl (C=O) groups excluding carboxylic acids is 1. The quantitative estimate of drug-likeness (QED) is 0.810. The minimum atomic E-state index is 0.134. The highest BCUT2D eigenvalue weighted by Crippen LogP contribution is 2.39. The van der Waals surface area contributed by atoms with Gasteiger partial charge in [0, 0.05) is 36.8 Å². The van der Waals surface area contributed by atoms with Gasteiger partial charge in [-0.3, -0.25) is 9.48 Å². The summed E-state index contributed by atoms with van der Waals surface area (Å²) in [5.74, 6) is 0.493. The summed E-state index contributed by atoms with van der Waals surface area (Å²) in [7, 11) is 2.24. The lowest BCUT2D eigenvalue weighted by molar-refractivity contribution is 0.0669. The molecule has 0 unspecified atom stereocenters. The van der Waals surface area contributed by atoms with Crippen LogP contribution in [0.4, 0.5) is 0 Å². The van der Waals surface area contributed by atoms with Crippen LogP contribution in [-0.4, -0.2) is 57.7 Å². The molecule has 2 aliphatic rings. The second kappa shape index (κ2) is 8.08. The Morgan fingerprint density at radius 2 is 1.93 bits per heavy atom. The molecule has 2 fully saturated rings. The molecule has 28 heavy (non-hydrogen) atoms. The molecule has 0 radical (unpaired) electrons. The first-order chi connectivity index (χ1) is 13.6. The summed E-state index contributed by atoms with van der Waals surface area (Å²) in [4.78, 5) is 18.1. The molecule has 0 bridgehead atoms. The van der Waals surface area contributed by atoms with E-state index in [2.05, 4.69) is 66.1 Å². The Labute approximate surface area is 168 Å². The molecule has 3 atom stereocenters. The highest BCUT2D eigenvalue weighted by atomic mass is 16.2. The van der Waals surface area contributed by atoms with E-state index >= 15 is 0 Å². The first-order valence-corrected chi connectivity index (χ1v) is 10.7. The third-order valence-electron chi connectivity index (χ3n) is 6.49. The SMILES string of the molecule is CC(C)n1cc(C(=O)N2C[C@@H](c3ccccc3)[C@H]3[C@H]2CCCCCN3C)cn1. The van der Waals surface area contributed by atoms with Crippen molar-refractivity contribution in [2.24, 2.45) is 0 Å². The van der Waals surface area contributed by atoms with Crippen LogP contribution in [0.1, 0.15) is 67.4 Å². The van der Waals surface area contributed by atoms with Gasteiger partial charge in [0.2, 0.25) is 0 Å². The summed E-state index contributed by atoms with van der Waals surface area (Å²) in [6.07, 6.45) is 8.42. The fraction of sp³-hybridized carbons (Fsp3) is 0.565. The van der Waals surface area contributed by atoms with Gasteiger partial charge in [-0.15, -0.1) is 0 Å². The number of likely N-dealkylation sites (N-methyl/N-ethyl adjacent to an activating group) is 1. The molecule has 5 nitrogen and oxygen atoms in total. The lowest BCUT2D eigenvalue weighted by Crippen LogP contribution is -2.47. The number of hydrogen-bond donors (Lipinski definition) is 0. The molecule has 1 amide bonds. The predicted molar refractivity (Wildman–Crippen MR) is 112 cm³/mol. The molecule has 2 aromatic rings. The predicted octanol–water partition coefficient (Wildman–Crippen LogP) is 3.95. The fourth-order valence-corrected chi connectivity index (χ4v) is 5.01. The van der Waals surface area contributed by atoms with E-state index in [0.29, 0.717) is 17.5 Å². The summed E-state index contributed by atoms with van der Waals surface area (Å²) in [6, 6.07) is 11.7. The Morgan fingerprint density at radius 3 is 2.64 bits per heavy atom. The van der Waals surface area contributed by atoms with E-state index in [9.17, 15) is 4.79 Å². The van der Waals surface area contributed by atoms with Gasteiger partial charge in [0.1, 0.15) is 0 Å². The van der Waals surface area contributed by atoms with Gasteiger partial charge in [0.25, 0.3) is 5.91 Å². The van der Waals surface area contributed by atoms with Gasteiger partial charge in [-0.2, -0.15) is 5.10 Å². The van der Waals surface area contributed by atoms with Crippen molar-refractivity contribution in [3.8, 4) is 0 Å². The Morgan fingerprint density at radius 1 is 1.14 bits per heavy atom. The molecule has 0 saturated carbocycles. The molecule has 150 valence electrons. The van der Waals surface area contributed by atoms with Crippen molar-refractivity contribution in [3.63, 3.8) is 0 Å². The lowest BCUT2D eigenvalue weighted by Gasteiger charge is -2.36. The minimum Gasteiger partial charge on any atom is -0.333 e. The molecule has 2 aliphatic heterocycles. The maximum absolute atomic E-state index is 13.5. The average Bonchev–Trinajstić information content (AvgIpc) is 3.31. The van der Waals surface area contributed by atoms with Crippen molar-refractivity contribution in [1.29, 1.82) is 0 Å². The van der Waals surface area contributed by atoms with Gasteiger partial charge in [-0.05, 0) is 45.8 Å². The van der Waals surface area contributed by atoms with Crippen molar-refractivity contribution in [2.45, 2.75) is 63.6 Å². The number of nitrogens with zero attached hydrogens (tertiary/aromatic N) is 4. The number of rotatable bonds is 3. The van der Waals surface area contributed by atoms with Crippen LogP contribution in [0.2, 0.25) is 0 Å². The monoisotopic (exact) mass is 380 g/mol. The topological polar surface area (TPSA) is 41.4 Å². The van der Waals surface area contributed by atoms with Crippen molar-refractivity contribution in [2.75, 3.05) is 20.1 Å². The van der Waals surface area contributed by atoms with Crippen LogP contribution in [0, 0.1) is 0 Å². The highest BCUT2D eigenvalue weighted by molar-refractivity contribution is 5.94. The molecular formula is C23H32N4O. The van der Waals surface area contributed by atoms with E-state index in [4.69, 9.17) is 0 Å². The molecule has 1 aromatic heterocycles. The summed E-state index contributed by atoms with van der Waals surface area (Å²) < 4.78 is 1.87. The largest absolute Gasteiger partial charge is 0.333 e. The Bertz CT molecular complexity index is 800. The smallest absolute Gasteiger partial charge is 0.257 e. The van der Waals surface area contributed by atoms with E-state index in [1.807, 2.05) is 10.9 Å². The average molecular weight is 381 g/mol. The van der Waals surface area contributed by atoms with Crippen molar-refractivity contribution < 1.29 is 4.79 Å². The van der Waals surface area contributed by atoms with Crippen molar-refractivity contribution in [3.05, 3.63) is 53.9 Å². The molecule has 5 heteroatoms. The van der Waals surface area contributed by atoms with E-state index in [-0.39, 0.29) is 18.0 Å². The summed E-state index contributed by atoms with van der Waals surface area (Å²) >= 11 is 0. The summed E-state index contributed by atoms with van der Waals surface area (Å²) in [5.41, 5.74) is 2.06. The zero-order valence-electron chi connectivity index (χ0n) is 17.3. The van der Waals surface area contributed by atoms with Gasteiger partial charge in [0.05, 0.1) is 11.8 Å². The van der Waals surface area contributed by atoms with Crippen LogP contribution in [0.15, 0.2) is 42.7 Å². The van der Waals surface area contributed by atoms with Gasteiger partial charge < -0.3 is 9.80 Å². The van der Waals surface area contributed by atoms with E-state index in [0.717, 1.165) is 19.5 Å². The molecule has 2 saturated heterocycles. The van der Waals surface area contributed by atoms with Crippen molar-refractivity contribution >= 4 is 5.91 Å². The van der Waals surface area contributed by atoms with Crippen LogP contribution in [-0.2, 0) is 0 Å². The fourth-order valence-electron chi connectivity index (χ4n) is 5.01. The van der Waals surface area contributed by atoms with E-state index in [1.54, 1.807) is 6.20 Å². The molecule has 0 spiro atoms. The zero-order valence-corrected chi connectivity index (χ0v) is 17.3. The second-order valence-electron chi connectivity index (χ2n) is 8.67. The first-order valence-electron chi connectivity index (χ1n) is 10.7. The lowest BCUT2D eigenvalue weighted by atomic mass is 9.87.